The van der Waals surface area contributed by atoms with Gasteiger partial charge in [-0.25, -0.2) is 4.79 Å². The Hall–Kier alpha value is -4.23. The molecule has 6 rings (SSSR count). The monoisotopic (exact) mass is 499 g/mol. The van der Waals surface area contributed by atoms with Crippen molar-refractivity contribution in [3.63, 3.8) is 0 Å². The zero-order valence-corrected chi connectivity index (χ0v) is 20.6. The number of para-hydroxylation sites is 2. The van der Waals surface area contributed by atoms with Crippen LogP contribution >= 0.6 is 11.6 Å². The minimum absolute atomic E-state index is 0.00374. The highest BCUT2D eigenvalue weighted by Crippen LogP contribution is 2.48. The highest BCUT2D eigenvalue weighted by molar-refractivity contribution is 6.30. The molecule has 0 amide bonds. The van der Waals surface area contributed by atoms with Crippen molar-refractivity contribution >= 4 is 22.5 Å². The van der Waals surface area contributed by atoms with Gasteiger partial charge in [-0.15, -0.1) is 0 Å². The lowest BCUT2D eigenvalue weighted by Crippen LogP contribution is -2.37. The van der Waals surface area contributed by atoms with E-state index in [1.165, 1.54) is 17.7 Å². The predicted molar refractivity (Wildman–Crippen MR) is 140 cm³/mol. The Kier molecular flexibility index (Phi) is 4.88. The summed E-state index contributed by atoms with van der Waals surface area (Å²) in [6.45, 7) is 1.99. The maximum absolute atomic E-state index is 13.7. The van der Waals surface area contributed by atoms with Crippen LogP contribution in [0.4, 0.5) is 0 Å². The van der Waals surface area contributed by atoms with Gasteiger partial charge in [0.1, 0.15) is 11.5 Å². The SMILES string of the molecule is Cc1ccccc1-c1c2c(=O)n(C)c(=O)n(C)c2c2n1-c1ccccc1O[C@@H]2c1cc(Cl)ccc1O. The van der Waals surface area contributed by atoms with E-state index in [4.69, 9.17) is 16.3 Å². The molecule has 0 saturated heterocycles. The fourth-order valence-electron chi connectivity index (χ4n) is 5.15. The number of rotatable bonds is 2. The summed E-state index contributed by atoms with van der Waals surface area (Å²) in [5, 5.41) is 11.7. The van der Waals surface area contributed by atoms with E-state index in [9.17, 15) is 14.7 Å². The molecule has 1 aliphatic heterocycles. The Morgan fingerprint density at radius 3 is 2.44 bits per heavy atom. The second kappa shape index (κ2) is 7.90. The molecule has 1 atom stereocenters. The van der Waals surface area contributed by atoms with Crippen molar-refractivity contribution in [3.05, 3.63) is 109 Å². The molecule has 0 saturated carbocycles. The number of hydrogen-bond donors (Lipinski definition) is 1. The van der Waals surface area contributed by atoms with Gasteiger partial charge in [0.05, 0.1) is 28.0 Å². The van der Waals surface area contributed by atoms with Gasteiger partial charge in [0.15, 0.2) is 6.10 Å². The molecule has 8 heteroatoms. The van der Waals surface area contributed by atoms with Gasteiger partial charge in [-0.3, -0.25) is 13.9 Å². The van der Waals surface area contributed by atoms with Crippen molar-refractivity contribution < 1.29 is 9.84 Å². The number of benzene rings is 3. The number of ether oxygens (including phenoxy) is 1. The number of nitrogens with zero attached hydrogens (tertiary/aromatic N) is 3. The summed E-state index contributed by atoms with van der Waals surface area (Å²) in [4.78, 5) is 26.8. The first-order chi connectivity index (χ1) is 17.3. The van der Waals surface area contributed by atoms with Crippen molar-refractivity contribution in [1.82, 2.24) is 13.7 Å². The van der Waals surface area contributed by atoms with Crippen LogP contribution in [0.15, 0.2) is 76.3 Å². The zero-order valence-electron chi connectivity index (χ0n) is 19.8. The minimum atomic E-state index is -0.837. The molecule has 0 aliphatic carbocycles. The summed E-state index contributed by atoms with van der Waals surface area (Å²) in [6.07, 6.45) is -0.837. The molecule has 0 fully saturated rings. The molecule has 0 unspecified atom stereocenters. The first-order valence-electron chi connectivity index (χ1n) is 11.4. The van der Waals surface area contributed by atoms with Gasteiger partial charge < -0.3 is 14.4 Å². The second-order valence-electron chi connectivity index (χ2n) is 8.98. The van der Waals surface area contributed by atoms with E-state index in [0.717, 1.165) is 21.4 Å². The molecule has 3 aromatic carbocycles. The summed E-state index contributed by atoms with van der Waals surface area (Å²) in [6, 6.07) is 20.1. The van der Waals surface area contributed by atoms with E-state index in [2.05, 4.69) is 0 Å². The molecule has 3 heterocycles. The van der Waals surface area contributed by atoms with E-state index in [1.54, 1.807) is 19.2 Å². The van der Waals surface area contributed by atoms with Gasteiger partial charge in [-0.2, -0.15) is 0 Å². The molecular weight excluding hydrogens is 478 g/mol. The fourth-order valence-corrected chi connectivity index (χ4v) is 5.33. The molecule has 180 valence electrons. The molecule has 36 heavy (non-hydrogen) atoms. The third-order valence-electron chi connectivity index (χ3n) is 6.88. The average Bonchev–Trinajstić information content (AvgIpc) is 3.24. The van der Waals surface area contributed by atoms with Gasteiger partial charge in [0.25, 0.3) is 5.56 Å². The summed E-state index contributed by atoms with van der Waals surface area (Å²) in [5.74, 6) is 0.572. The van der Waals surface area contributed by atoms with Gasteiger partial charge >= 0.3 is 5.69 Å². The van der Waals surface area contributed by atoms with E-state index in [1.807, 2.05) is 60.0 Å². The summed E-state index contributed by atoms with van der Waals surface area (Å²) in [7, 11) is 3.12. The number of aromatic hydroxyl groups is 1. The number of phenols is 1. The van der Waals surface area contributed by atoms with Crippen LogP contribution in [0, 0.1) is 6.92 Å². The first-order valence-corrected chi connectivity index (χ1v) is 11.8. The van der Waals surface area contributed by atoms with Crippen LogP contribution in [0.3, 0.4) is 0 Å². The normalized spacial score (nSPS) is 14.4. The van der Waals surface area contributed by atoms with E-state index in [-0.39, 0.29) is 5.75 Å². The Morgan fingerprint density at radius 2 is 1.67 bits per heavy atom. The molecular formula is C28H22ClN3O4. The van der Waals surface area contributed by atoms with Crippen molar-refractivity contribution in [2.45, 2.75) is 13.0 Å². The number of phenolic OH excluding ortho intramolecular Hbond substituents is 1. The number of halogens is 1. The number of aryl methyl sites for hydroxylation is 2. The largest absolute Gasteiger partial charge is 0.508 e. The van der Waals surface area contributed by atoms with Gasteiger partial charge in [0, 0.05) is 30.2 Å². The Bertz CT molecular complexity index is 1830. The van der Waals surface area contributed by atoms with E-state index in [0.29, 0.717) is 38.6 Å². The van der Waals surface area contributed by atoms with Crippen LogP contribution in [0.5, 0.6) is 11.5 Å². The highest BCUT2D eigenvalue weighted by atomic mass is 35.5. The van der Waals surface area contributed by atoms with Crippen LogP contribution in [-0.2, 0) is 14.1 Å². The lowest BCUT2D eigenvalue weighted by Gasteiger charge is -2.30. The minimum Gasteiger partial charge on any atom is -0.508 e. The molecule has 5 aromatic rings. The quantitative estimate of drug-likeness (QED) is 0.377. The molecule has 0 radical (unpaired) electrons. The second-order valence-corrected chi connectivity index (χ2v) is 9.42. The molecule has 1 aliphatic rings. The predicted octanol–water partition coefficient (Wildman–Crippen LogP) is 4.84. The van der Waals surface area contributed by atoms with Crippen molar-refractivity contribution in [2.24, 2.45) is 14.1 Å². The summed E-state index contributed by atoms with van der Waals surface area (Å²) < 4.78 is 11.0. The maximum atomic E-state index is 13.7. The molecule has 0 spiro atoms. The Labute approximate surface area is 211 Å². The number of aromatic nitrogens is 3. The third-order valence-corrected chi connectivity index (χ3v) is 7.12. The number of hydrogen-bond acceptors (Lipinski definition) is 4. The smallest absolute Gasteiger partial charge is 0.331 e. The van der Waals surface area contributed by atoms with Gasteiger partial charge in [-0.1, -0.05) is 48.0 Å². The molecule has 2 aromatic heterocycles. The molecule has 7 nitrogen and oxygen atoms in total. The lowest BCUT2D eigenvalue weighted by molar-refractivity contribution is 0.224. The third kappa shape index (κ3) is 2.99. The zero-order chi connectivity index (χ0) is 25.3. The number of fused-ring (bicyclic) bond motifs is 5. The van der Waals surface area contributed by atoms with Gasteiger partial charge in [0.2, 0.25) is 0 Å². The van der Waals surface area contributed by atoms with Crippen LogP contribution in [-0.4, -0.2) is 18.8 Å². The van der Waals surface area contributed by atoms with E-state index < -0.39 is 17.4 Å². The lowest BCUT2D eigenvalue weighted by atomic mass is 10.0. The summed E-state index contributed by atoms with van der Waals surface area (Å²) in [5.41, 5.74) is 3.81. The average molecular weight is 500 g/mol. The van der Waals surface area contributed by atoms with Crippen molar-refractivity contribution in [2.75, 3.05) is 0 Å². The molecule has 1 N–H and O–H groups in total. The topological polar surface area (TPSA) is 78.4 Å². The standard InChI is InChI=1S/C28H22ClN3O4/c1-15-8-4-5-9-17(15)23-22-24(30(2)28(35)31(3)27(22)34)25-26(18-14-16(29)12-13-20(18)33)36-21-11-7-6-10-19(21)32(23)25/h4-14,26,33H,1-3H3/t26-/m1/s1. The van der Waals surface area contributed by atoms with Gasteiger partial charge in [-0.05, 0) is 42.8 Å². The Balaban J connectivity index is 1.90. The van der Waals surface area contributed by atoms with Crippen LogP contribution in [0.1, 0.15) is 22.9 Å². The van der Waals surface area contributed by atoms with Crippen molar-refractivity contribution in [1.29, 1.82) is 0 Å². The highest BCUT2D eigenvalue weighted by Gasteiger charge is 2.37. The fraction of sp³-hybridized carbons (Fsp3) is 0.143. The molecule has 0 bridgehead atoms. The Morgan fingerprint density at radius 1 is 0.944 bits per heavy atom. The van der Waals surface area contributed by atoms with Crippen LogP contribution in [0.2, 0.25) is 5.02 Å². The van der Waals surface area contributed by atoms with Crippen LogP contribution < -0.4 is 16.0 Å². The first kappa shape index (κ1) is 22.2. The maximum Gasteiger partial charge on any atom is 0.331 e. The summed E-state index contributed by atoms with van der Waals surface area (Å²) >= 11 is 6.32. The van der Waals surface area contributed by atoms with Crippen LogP contribution in [0.25, 0.3) is 27.8 Å². The van der Waals surface area contributed by atoms with E-state index >= 15 is 0 Å². The van der Waals surface area contributed by atoms with Crippen molar-refractivity contribution in [3.8, 4) is 28.4 Å².